The summed E-state index contributed by atoms with van der Waals surface area (Å²) in [4.78, 5) is 29.5. The molecule has 142 valence electrons. The number of amides is 2. The molecule has 7 heteroatoms. The predicted molar refractivity (Wildman–Crippen MR) is 110 cm³/mol. The molecule has 0 saturated carbocycles. The van der Waals surface area contributed by atoms with Crippen LogP contribution in [0.4, 0.5) is 5.13 Å². The first-order valence-electron chi connectivity index (χ1n) is 8.89. The molecular weight excluding hydrogens is 360 g/mol. The molecule has 0 aliphatic rings. The fourth-order valence-corrected chi connectivity index (χ4v) is 3.72. The standard InChI is InChI=1S/C20H24N4O2S/c1-6-21-18(26)14-11-24(20(3,4)5)16-15(14)27-19(22-16)23-17(25)13-9-7-12(2)8-10-13/h7-11H,6H2,1-5H3,(H,21,26)(H,22,23,25). The molecular formula is C20H24N4O2S. The second-order valence-corrected chi connectivity index (χ2v) is 8.43. The number of hydrogen-bond acceptors (Lipinski definition) is 4. The Morgan fingerprint density at radius 2 is 1.81 bits per heavy atom. The third kappa shape index (κ3) is 3.88. The molecule has 0 aliphatic heterocycles. The van der Waals surface area contributed by atoms with Gasteiger partial charge in [0.2, 0.25) is 0 Å². The van der Waals surface area contributed by atoms with Crippen LogP contribution in [0.25, 0.3) is 10.3 Å². The highest BCUT2D eigenvalue weighted by atomic mass is 32.1. The molecule has 3 rings (SSSR count). The third-order valence-corrected chi connectivity index (χ3v) is 5.17. The van der Waals surface area contributed by atoms with Gasteiger partial charge in [-0.05, 0) is 46.8 Å². The Morgan fingerprint density at radius 3 is 2.41 bits per heavy atom. The molecule has 0 unspecified atom stereocenters. The zero-order valence-corrected chi connectivity index (χ0v) is 17.0. The van der Waals surface area contributed by atoms with Crippen molar-refractivity contribution in [1.82, 2.24) is 14.9 Å². The highest BCUT2D eigenvalue weighted by Gasteiger charge is 2.25. The zero-order chi connectivity index (χ0) is 19.8. The second kappa shape index (κ2) is 7.15. The van der Waals surface area contributed by atoms with Gasteiger partial charge in [0.1, 0.15) is 0 Å². The molecule has 0 bridgehead atoms. The lowest BCUT2D eigenvalue weighted by atomic mass is 10.1. The molecule has 27 heavy (non-hydrogen) atoms. The molecule has 0 atom stereocenters. The monoisotopic (exact) mass is 384 g/mol. The molecule has 0 saturated heterocycles. The van der Waals surface area contributed by atoms with Crippen molar-refractivity contribution in [2.45, 2.75) is 40.2 Å². The van der Waals surface area contributed by atoms with E-state index in [2.05, 4.69) is 36.4 Å². The summed E-state index contributed by atoms with van der Waals surface area (Å²) in [6.45, 7) is 10.6. The molecule has 2 amide bonds. The van der Waals surface area contributed by atoms with Gasteiger partial charge in [-0.1, -0.05) is 29.0 Å². The highest BCUT2D eigenvalue weighted by molar-refractivity contribution is 7.22. The maximum Gasteiger partial charge on any atom is 0.257 e. The number of nitrogens with one attached hydrogen (secondary N) is 2. The van der Waals surface area contributed by atoms with E-state index < -0.39 is 0 Å². The largest absolute Gasteiger partial charge is 0.352 e. The van der Waals surface area contributed by atoms with Gasteiger partial charge in [-0.2, -0.15) is 0 Å². The average molecular weight is 385 g/mol. The summed E-state index contributed by atoms with van der Waals surface area (Å²) in [5, 5.41) is 6.17. The number of thiazole rings is 1. The van der Waals surface area contributed by atoms with Crippen LogP contribution in [-0.4, -0.2) is 27.9 Å². The molecule has 0 aliphatic carbocycles. The number of hydrogen-bond donors (Lipinski definition) is 2. The molecule has 0 radical (unpaired) electrons. The summed E-state index contributed by atoms with van der Waals surface area (Å²) in [5.41, 5.74) is 2.71. The topological polar surface area (TPSA) is 76.0 Å². The van der Waals surface area contributed by atoms with Crippen molar-refractivity contribution >= 4 is 38.6 Å². The van der Waals surface area contributed by atoms with Crippen LogP contribution in [0, 0.1) is 6.92 Å². The number of aromatic nitrogens is 2. The number of rotatable bonds is 4. The van der Waals surface area contributed by atoms with Crippen LogP contribution in [0.1, 0.15) is 54.0 Å². The maximum atomic E-state index is 12.5. The fraction of sp³-hybridized carbons (Fsp3) is 0.350. The van der Waals surface area contributed by atoms with Crippen LogP contribution in [0.15, 0.2) is 30.5 Å². The number of fused-ring (bicyclic) bond motifs is 1. The summed E-state index contributed by atoms with van der Waals surface area (Å²) >= 11 is 1.32. The Hall–Kier alpha value is -2.67. The minimum absolute atomic E-state index is 0.134. The van der Waals surface area contributed by atoms with Gasteiger partial charge in [0.05, 0.1) is 10.3 Å². The van der Waals surface area contributed by atoms with Crippen LogP contribution in [-0.2, 0) is 5.54 Å². The SMILES string of the molecule is CCNC(=O)c1cn(C(C)(C)C)c2nc(NC(=O)c3ccc(C)cc3)sc12. The average Bonchev–Trinajstić information content (AvgIpc) is 3.13. The number of carbonyl (C=O) groups excluding carboxylic acids is 2. The van der Waals surface area contributed by atoms with Crippen LogP contribution in [0.5, 0.6) is 0 Å². The molecule has 0 fully saturated rings. The van der Waals surface area contributed by atoms with Gasteiger partial charge in [-0.15, -0.1) is 0 Å². The molecule has 2 heterocycles. The van der Waals surface area contributed by atoms with Crippen LogP contribution >= 0.6 is 11.3 Å². The van der Waals surface area contributed by atoms with E-state index in [-0.39, 0.29) is 17.4 Å². The number of anilines is 1. The van der Waals surface area contributed by atoms with Crippen molar-refractivity contribution < 1.29 is 9.59 Å². The van der Waals surface area contributed by atoms with Crippen LogP contribution in [0.3, 0.4) is 0 Å². The Balaban J connectivity index is 1.99. The number of carbonyl (C=O) groups is 2. The molecule has 2 N–H and O–H groups in total. The van der Waals surface area contributed by atoms with E-state index >= 15 is 0 Å². The van der Waals surface area contributed by atoms with E-state index in [9.17, 15) is 9.59 Å². The van der Waals surface area contributed by atoms with Gasteiger partial charge >= 0.3 is 0 Å². The number of aryl methyl sites for hydroxylation is 1. The fourth-order valence-electron chi connectivity index (χ4n) is 2.76. The summed E-state index contributed by atoms with van der Waals surface area (Å²) in [5.74, 6) is -0.348. The van der Waals surface area contributed by atoms with Gasteiger partial charge in [0.15, 0.2) is 10.8 Å². The van der Waals surface area contributed by atoms with Gasteiger partial charge < -0.3 is 9.88 Å². The first-order valence-corrected chi connectivity index (χ1v) is 9.71. The van der Waals surface area contributed by atoms with E-state index in [1.165, 1.54) is 11.3 Å². The Bertz CT molecular complexity index is 994. The zero-order valence-electron chi connectivity index (χ0n) is 16.2. The lowest BCUT2D eigenvalue weighted by Gasteiger charge is -2.21. The maximum absolute atomic E-state index is 12.5. The van der Waals surface area contributed by atoms with E-state index in [0.29, 0.717) is 28.5 Å². The van der Waals surface area contributed by atoms with Gasteiger partial charge in [-0.25, -0.2) is 4.98 Å². The molecule has 2 aromatic heterocycles. The Labute approximate surface area is 162 Å². The van der Waals surface area contributed by atoms with Gasteiger partial charge in [-0.3, -0.25) is 14.9 Å². The summed E-state index contributed by atoms with van der Waals surface area (Å²) in [6.07, 6.45) is 1.84. The summed E-state index contributed by atoms with van der Waals surface area (Å²) in [6, 6.07) is 7.36. The summed E-state index contributed by atoms with van der Waals surface area (Å²) in [7, 11) is 0. The van der Waals surface area contributed by atoms with Crippen molar-refractivity contribution in [2.75, 3.05) is 11.9 Å². The minimum Gasteiger partial charge on any atom is -0.352 e. The smallest absolute Gasteiger partial charge is 0.257 e. The predicted octanol–water partition coefficient (Wildman–Crippen LogP) is 4.16. The van der Waals surface area contributed by atoms with Crippen molar-refractivity contribution in [2.24, 2.45) is 0 Å². The van der Waals surface area contributed by atoms with Crippen molar-refractivity contribution in [3.8, 4) is 0 Å². The molecule has 1 aromatic carbocycles. The highest BCUT2D eigenvalue weighted by Crippen LogP contribution is 2.34. The second-order valence-electron chi connectivity index (χ2n) is 7.43. The normalized spacial score (nSPS) is 11.6. The van der Waals surface area contributed by atoms with E-state index in [4.69, 9.17) is 0 Å². The van der Waals surface area contributed by atoms with E-state index in [1.54, 1.807) is 12.1 Å². The molecule has 6 nitrogen and oxygen atoms in total. The van der Waals surface area contributed by atoms with E-state index in [1.807, 2.05) is 36.7 Å². The lowest BCUT2D eigenvalue weighted by Crippen LogP contribution is -2.23. The number of benzene rings is 1. The summed E-state index contributed by atoms with van der Waals surface area (Å²) < 4.78 is 2.75. The Morgan fingerprint density at radius 1 is 1.15 bits per heavy atom. The Kier molecular flexibility index (Phi) is 5.06. The first kappa shape index (κ1) is 19.1. The molecule has 0 spiro atoms. The third-order valence-electron chi connectivity index (χ3n) is 4.18. The lowest BCUT2D eigenvalue weighted by molar-refractivity contribution is 0.0956. The first-order chi connectivity index (χ1) is 12.7. The van der Waals surface area contributed by atoms with Crippen LogP contribution < -0.4 is 10.6 Å². The van der Waals surface area contributed by atoms with Gasteiger partial charge in [0.25, 0.3) is 11.8 Å². The van der Waals surface area contributed by atoms with Crippen molar-refractivity contribution in [3.63, 3.8) is 0 Å². The van der Waals surface area contributed by atoms with Crippen LogP contribution in [0.2, 0.25) is 0 Å². The van der Waals surface area contributed by atoms with Gasteiger partial charge in [0, 0.05) is 23.8 Å². The minimum atomic E-state index is -0.241. The number of nitrogens with zero attached hydrogens (tertiary/aromatic N) is 2. The quantitative estimate of drug-likeness (QED) is 0.709. The molecule has 3 aromatic rings. The van der Waals surface area contributed by atoms with Crippen molar-refractivity contribution in [3.05, 3.63) is 47.2 Å². The van der Waals surface area contributed by atoms with Crippen molar-refractivity contribution in [1.29, 1.82) is 0 Å². The van der Waals surface area contributed by atoms with E-state index in [0.717, 1.165) is 10.3 Å².